The van der Waals surface area contributed by atoms with E-state index in [2.05, 4.69) is 108 Å². The van der Waals surface area contributed by atoms with Crippen molar-refractivity contribution < 1.29 is 0 Å². The van der Waals surface area contributed by atoms with E-state index in [4.69, 9.17) is 0 Å². The third kappa shape index (κ3) is 1.97. The third-order valence-corrected chi connectivity index (χ3v) is 5.98. The molecule has 6 rings (SSSR count). The molecule has 28 heavy (non-hydrogen) atoms. The molecule has 0 saturated carbocycles. The maximum atomic E-state index is 2.39. The van der Waals surface area contributed by atoms with Crippen molar-refractivity contribution in [3.05, 3.63) is 90.5 Å². The molecule has 6 aromatic rings. The zero-order valence-electron chi connectivity index (χ0n) is 16.0. The van der Waals surface area contributed by atoms with E-state index < -0.39 is 0 Å². The summed E-state index contributed by atoms with van der Waals surface area (Å²) in [5.74, 6) is 0. The van der Waals surface area contributed by atoms with Gasteiger partial charge in [0, 0.05) is 45.3 Å². The maximum Gasteiger partial charge on any atom is 0.0541 e. The van der Waals surface area contributed by atoms with Gasteiger partial charge in [-0.2, -0.15) is 0 Å². The van der Waals surface area contributed by atoms with Crippen LogP contribution in [0.1, 0.15) is 5.56 Å². The van der Waals surface area contributed by atoms with Crippen LogP contribution in [0.25, 0.3) is 49.3 Å². The molecule has 0 aliphatic rings. The number of aryl methyl sites for hydroxylation is 2. The van der Waals surface area contributed by atoms with Crippen LogP contribution >= 0.6 is 0 Å². The van der Waals surface area contributed by atoms with Crippen molar-refractivity contribution >= 4 is 43.6 Å². The molecule has 2 nitrogen and oxygen atoms in total. The summed E-state index contributed by atoms with van der Waals surface area (Å²) in [4.78, 5) is 0. The van der Waals surface area contributed by atoms with Crippen LogP contribution in [0.5, 0.6) is 0 Å². The summed E-state index contributed by atoms with van der Waals surface area (Å²) in [5, 5.41) is 5.22. The minimum absolute atomic E-state index is 1.21. The van der Waals surface area contributed by atoms with Gasteiger partial charge in [0.1, 0.15) is 0 Å². The first kappa shape index (κ1) is 15.5. The number of rotatable bonds is 1. The maximum absolute atomic E-state index is 2.39. The van der Waals surface area contributed by atoms with Gasteiger partial charge < -0.3 is 9.13 Å². The number of hydrogen-bond acceptors (Lipinski definition) is 0. The molecule has 2 aromatic heterocycles. The highest BCUT2D eigenvalue weighted by molar-refractivity contribution is 6.11. The molecule has 0 saturated heterocycles. The smallest absolute Gasteiger partial charge is 0.0541 e. The summed E-state index contributed by atoms with van der Waals surface area (Å²) in [5.41, 5.74) is 7.54. The highest BCUT2D eigenvalue weighted by Crippen LogP contribution is 2.35. The fourth-order valence-electron chi connectivity index (χ4n) is 4.66. The second kappa shape index (κ2) is 5.49. The van der Waals surface area contributed by atoms with Crippen molar-refractivity contribution in [1.29, 1.82) is 0 Å². The minimum atomic E-state index is 1.21. The van der Waals surface area contributed by atoms with E-state index in [9.17, 15) is 0 Å². The first-order chi connectivity index (χ1) is 13.7. The number of para-hydroxylation sites is 2. The molecule has 4 aromatic carbocycles. The van der Waals surface area contributed by atoms with Crippen molar-refractivity contribution in [3.8, 4) is 5.69 Å². The van der Waals surface area contributed by atoms with Crippen LogP contribution in [-0.2, 0) is 7.05 Å². The molecule has 0 amide bonds. The normalized spacial score (nSPS) is 11.9. The van der Waals surface area contributed by atoms with Crippen LogP contribution < -0.4 is 0 Å². The lowest BCUT2D eigenvalue weighted by molar-refractivity contribution is 1.01. The zero-order valence-corrected chi connectivity index (χ0v) is 16.0. The van der Waals surface area contributed by atoms with Gasteiger partial charge >= 0.3 is 0 Å². The SMILES string of the molecule is Cc1ccc2c(c1)c1ccccc1n2-c1ccc2c(c1)c1ccccc1n2C. The molecule has 0 bridgehead atoms. The van der Waals surface area contributed by atoms with E-state index in [0.29, 0.717) is 0 Å². The van der Waals surface area contributed by atoms with Gasteiger partial charge in [0.2, 0.25) is 0 Å². The van der Waals surface area contributed by atoms with Crippen LogP contribution in [-0.4, -0.2) is 9.13 Å². The molecule has 134 valence electrons. The minimum Gasteiger partial charge on any atom is -0.344 e. The standard InChI is InChI=1S/C26H20N2/c1-17-11-13-26-21(15-17)20-8-4-6-10-25(20)28(26)18-12-14-24-22(16-18)19-7-3-5-9-23(19)27(24)2/h3-16H,1-2H3. The van der Waals surface area contributed by atoms with E-state index in [-0.39, 0.29) is 0 Å². The topological polar surface area (TPSA) is 9.86 Å². The van der Waals surface area contributed by atoms with Gasteiger partial charge in [-0.15, -0.1) is 0 Å². The van der Waals surface area contributed by atoms with Gasteiger partial charge in [0.25, 0.3) is 0 Å². The molecule has 0 unspecified atom stereocenters. The lowest BCUT2D eigenvalue weighted by atomic mass is 10.1. The van der Waals surface area contributed by atoms with Crippen molar-refractivity contribution in [2.24, 2.45) is 7.05 Å². The summed E-state index contributed by atoms with van der Waals surface area (Å²) >= 11 is 0. The Morgan fingerprint density at radius 2 is 1.11 bits per heavy atom. The Kier molecular flexibility index (Phi) is 3.05. The highest BCUT2D eigenvalue weighted by atomic mass is 15.0. The summed E-state index contributed by atoms with van der Waals surface area (Å²) in [7, 11) is 2.15. The zero-order chi connectivity index (χ0) is 18.8. The Morgan fingerprint density at radius 3 is 1.93 bits per heavy atom. The number of benzene rings is 4. The third-order valence-electron chi connectivity index (χ3n) is 5.98. The van der Waals surface area contributed by atoms with E-state index in [1.165, 1.54) is 54.9 Å². The average Bonchev–Trinajstić information content (AvgIpc) is 3.21. The molecule has 2 heterocycles. The second-order valence-corrected chi connectivity index (χ2v) is 7.65. The summed E-state index contributed by atoms with van der Waals surface area (Å²) < 4.78 is 4.68. The number of aromatic nitrogens is 2. The van der Waals surface area contributed by atoms with Crippen LogP contribution in [0.4, 0.5) is 0 Å². The van der Waals surface area contributed by atoms with Gasteiger partial charge in [0.15, 0.2) is 0 Å². The molecule has 0 aliphatic heterocycles. The molecule has 2 heteroatoms. The first-order valence-electron chi connectivity index (χ1n) is 9.70. The van der Waals surface area contributed by atoms with Crippen LogP contribution in [0.3, 0.4) is 0 Å². The van der Waals surface area contributed by atoms with Crippen molar-refractivity contribution in [2.45, 2.75) is 6.92 Å². The number of fused-ring (bicyclic) bond motifs is 6. The fourth-order valence-corrected chi connectivity index (χ4v) is 4.66. The van der Waals surface area contributed by atoms with E-state index in [1.807, 2.05) is 0 Å². The predicted molar refractivity (Wildman–Crippen MR) is 120 cm³/mol. The first-order valence-corrected chi connectivity index (χ1v) is 9.70. The van der Waals surface area contributed by atoms with Crippen molar-refractivity contribution in [1.82, 2.24) is 9.13 Å². The summed E-state index contributed by atoms with van der Waals surface area (Å²) in [6.07, 6.45) is 0. The van der Waals surface area contributed by atoms with Gasteiger partial charge in [-0.05, 0) is 49.4 Å². The number of hydrogen-bond donors (Lipinski definition) is 0. The molecule has 0 N–H and O–H groups in total. The molecule has 0 aliphatic carbocycles. The predicted octanol–water partition coefficient (Wildman–Crippen LogP) is 6.74. The van der Waals surface area contributed by atoms with Crippen LogP contribution in [0, 0.1) is 6.92 Å². The van der Waals surface area contributed by atoms with E-state index in [1.54, 1.807) is 0 Å². The van der Waals surface area contributed by atoms with Gasteiger partial charge in [0.05, 0.1) is 11.0 Å². The summed E-state index contributed by atoms with van der Waals surface area (Å²) in [6.45, 7) is 2.16. The summed E-state index contributed by atoms with van der Waals surface area (Å²) in [6, 6.07) is 30.9. The van der Waals surface area contributed by atoms with Crippen molar-refractivity contribution in [3.63, 3.8) is 0 Å². The average molecular weight is 360 g/mol. The molecular weight excluding hydrogens is 340 g/mol. The van der Waals surface area contributed by atoms with Crippen molar-refractivity contribution in [2.75, 3.05) is 0 Å². The molecule has 0 radical (unpaired) electrons. The van der Waals surface area contributed by atoms with Crippen LogP contribution in [0.2, 0.25) is 0 Å². The molecule has 0 atom stereocenters. The fraction of sp³-hybridized carbons (Fsp3) is 0.0769. The monoisotopic (exact) mass is 360 g/mol. The Bertz CT molecular complexity index is 1530. The Balaban J connectivity index is 1.76. The second-order valence-electron chi connectivity index (χ2n) is 7.65. The Hall–Kier alpha value is -3.52. The van der Waals surface area contributed by atoms with E-state index in [0.717, 1.165) is 0 Å². The van der Waals surface area contributed by atoms with Crippen LogP contribution in [0.15, 0.2) is 84.9 Å². The van der Waals surface area contributed by atoms with Gasteiger partial charge in [-0.1, -0.05) is 48.0 Å². The highest BCUT2D eigenvalue weighted by Gasteiger charge is 2.14. The van der Waals surface area contributed by atoms with Gasteiger partial charge in [-0.25, -0.2) is 0 Å². The quantitative estimate of drug-likeness (QED) is 0.307. The van der Waals surface area contributed by atoms with E-state index >= 15 is 0 Å². The Labute approximate surface area is 163 Å². The Morgan fingerprint density at radius 1 is 0.536 bits per heavy atom. The lowest BCUT2D eigenvalue weighted by Crippen LogP contribution is -1.94. The molecular formula is C26H20N2. The molecule has 0 spiro atoms. The largest absolute Gasteiger partial charge is 0.344 e. The lowest BCUT2D eigenvalue weighted by Gasteiger charge is -2.09. The number of nitrogens with zero attached hydrogens (tertiary/aromatic N) is 2. The van der Waals surface area contributed by atoms with Gasteiger partial charge in [-0.3, -0.25) is 0 Å². The molecule has 0 fully saturated rings.